The summed E-state index contributed by atoms with van der Waals surface area (Å²) >= 11 is 6.31. The number of benzene rings is 2. The van der Waals surface area contributed by atoms with E-state index < -0.39 is 0 Å². The molecular formula is C19H16ClN3. The molecule has 4 heteroatoms. The quantitative estimate of drug-likeness (QED) is 0.673. The highest BCUT2D eigenvalue weighted by molar-refractivity contribution is 6.33. The first kappa shape index (κ1) is 14.2. The Hall–Kier alpha value is -2.39. The zero-order valence-corrected chi connectivity index (χ0v) is 13.5. The van der Waals surface area contributed by atoms with Crippen molar-refractivity contribution in [3.63, 3.8) is 0 Å². The molecule has 0 saturated carbocycles. The lowest BCUT2D eigenvalue weighted by Gasteiger charge is -2.23. The fourth-order valence-electron chi connectivity index (χ4n) is 3.15. The molecule has 3 nitrogen and oxygen atoms in total. The van der Waals surface area contributed by atoms with Crippen LogP contribution in [0.5, 0.6) is 0 Å². The van der Waals surface area contributed by atoms with E-state index in [-0.39, 0.29) is 0 Å². The van der Waals surface area contributed by atoms with E-state index in [4.69, 9.17) is 16.6 Å². The van der Waals surface area contributed by atoms with Crippen LogP contribution in [0.25, 0.3) is 11.3 Å². The van der Waals surface area contributed by atoms with Crippen molar-refractivity contribution in [2.45, 2.75) is 19.4 Å². The molecule has 0 N–H and O–H groups in total. The molecule has 2 heterocycles. The first-order chi connectivity index (χ1) is 11.2. The topological polar surface area (TPSA) is 29.0 Å². The van der Waals surface area contributed by atoms with E-state index in [1.165, 1.54) is 11.3 Å². The van der Waals surface area contributed by atoms with Gasteiger partial charge in [-0.25, -0.2) is 9.97 Å². The maximum absolute atomic E-state index is 6.31. The minimum atomic E-state index is 0.342. The third kappa shape index (κ3) is 2.47. The molecular weight excluding hydrogens is 306 g/mol. The predicted molar refractivity (Wildman–Crippen MR) is 94.2 cm³/mol. The van der Waals surface area contributed by atoms with Crippen LogP contribution >= 0.6 is 11.6 Å². The monoisotopic (exact) mass is 321 g/mol. The summed E-state index contributed by atoms with van der Waals surface area (Å²) in [7, 11) is 0. The highest BCUT2D eigenvalue weighted by atomic mass is 35.5. The molecule has 1 aromatic heterocycles. The van der Waals surface area contributed by atoms with Gasteiger partial charge >= 0.3 is 0 Å². The van der Waals surface area contributed by atoms with Gasteiger partial charge in [0.15, 0.2) is 0 Å². The Balaban J connectivity index is 1.80. The summed E-state index contributed by atoms with van der Waals surface area (Å²) in [6.45, 7) is 2.20. The SMILES string of the molecule is CC1Cc2ccccc2N1c1nccc(-c2ccccc2Cl)n1. The van der Waals surface area contributed by atoms with Gasteiger partial charge in [-0.05, 0) is 37.1 Å². The maximum Gasteiger partial charge on any atom is 0.230 e. The summed E-state index contributed by atoms with van der Waals surface area (Å²) in [5, 5.41) is 0.701. The highest BCUT2D eigenvalue weighted by Gasteiger charge is 2.28. The standard InChI is InChI=1S/C19H16ClN3/c1-13-12-14-6-2-5-9-18(14)23(13)19-21-11-10-17(22-19)15-7-3-4-8-16(15)20/h2-11,13H,12H2,1H3. The molecule has 0 spiro atoms. The van der Waals surface area contributed by atoms with Crippen LogP contribution in [0, 0.1) is 0 Å². The molecule has 1 aliphatic rings. The maximum atomic E-state index is 6.31. The smallest absolute Gasteiger partial charge is 0.230 e. The van der Waals surface area contributed by atoms with Crippen molar-refractivity contribution in [3.05, 3.63) is 71.4 Å². The zero-order valence-electron chi connectivity index (χ0n) is 12.8. The Labute approximate surface area is 140 Å². The second-order valence-corrected chi connectivity index (χ2v) is 6.18. The van der Waals surface area contributed by atoms with E-state index in [9.17, 15) is 0 Å². The molecule has 1 aliphatic heterocycles. The number of hydrogen-bond acceptors (Lipinski definition) is 3. The molecule has 0 fully saturated rings. The fraction of sp³-hybridized carbons (Fsp3) is 0.158. The molecule has 0 radical (unpaired) electrons. The Morgan fingerprint density at radius 3 is 2.70 bits per heavy atom. The highest BCUT2D eigenvalue weighted by Crippen LogP contribution is 2.37. The summed E-state index contributed by atoms with van der Waals surface area (Å²) in [4.78, 5) is 11.5. The fourth-order valence-corrected chi connectivity index (χ4v) is 3.39. The summed E-state index contributed by atoms with van der Waals surface area (Å²) in [5.74, 6) is 0.722. The third-order valence-electron chi connectivity index (χ3n) is 4.22. The van der Waals surface area contributed by atoms with Crippen molar-refractivity contribution in [2.24, 2.45) is 0 Å². The number of anilines is 2. The van der Waals surface area contributed by atoms with Crippen LogP contribution in [0.2, 0.25) is 5.02 Å². The molecule has 0 saturated heterocycles. The van der Waals surface area contributed by atoms with Crippen LogP contribution < -0.4 is 4.90 Å². The van der Waals surface area contributed by atoms with Gasteiger partial charge in [-0.1, -0.05) is 48.0 Å². The molecule has 2 aromatic carbocycles. The van der Waals surface area contributed by atoms with Gasteiger partial charge in [0.2, 0.25) is 5.95 Å². The van der Waals surface area contributed by atoms with Crippen molar-refractivity contribution < 1.29 is 0 Å². The van der Waals surface area contributed by atoms with Gasteiger partial charge in [0, 0.05) is 28.5 Å². The number of aromatic nitrogens is 2. The molecule has 1 unspecified atom stereocenters. The molecule has 1 atom stereocenters. The molecule has 3 aromatic rings. The van der Waals surface area contributed by atoms with Crippen LogP contribution in [-0.4, -0.2) is 16.0 Å². The van der Waals surface area contributed by atoms with Crippen molar-refractivity contribution in [3.8, 4) is 11.3 Å². The van der Waals surface area contributed by atoms with Gasteiger partial charge in [0.25, 0.3) is 0 Å². The Bertz CT molecular complexity index is 862. The lowest BCUT2D eigenvalue weighted by atomic mass is 10.1. The normalized spacial score (nSPS) is 16.4. The second-order valence-electron chi connectivity index (χ2n) is 5.77. The van der Waals surface area contributed by atoms with Gasteiger partial charge in [-0.15, -0.1) is 0 Å². The number of rotatable bonds is 2. The van der Waals surface area contributed by atoms with E-state index in [1.807, 2.05) is 30.3 Å². The van der Waals surface area contributed by atoms with Crippen molar-refractivity contribution in [2.75, 3.05) is 4.90 Å². The Kier molecular flexibility index (Phi) is 3.50. The minimum Gasteiger partial charge on any atom is -0.307 e. The van der Waals surface area contributed by atoms with E-state index in [0.717, 1.165) is 23.6 Å². The summed E-state index contributed by atoms with van der Waals surface area (Å²) < 4.78 is 0. The molecule has 0 aliphatic carbocycles. The molecule has 23 heavy (non-hydrogen) atoms. The summed E-state index contributed by atoms with van der Waals surface area (Å²) in [6, 6.07) is 18.4. The Morgan fingerprint density at radius 2 is 1.83 bits per heavy atom. The average molecular weight is 322 g/mol. The van der Waals surface area contributed by atoms with Crippen molar-refractivity contribution >= 4 is 23.2 Å². The number of nitrogens with zero attached hydrogens (tertiary/aromatic N) is 3. The van der Waals surface area contributed by atoms with Gasteiger partial charge in [-0.2, -0.15) is 0 Å². The van der Waals surface area contributed by atoms with Gasteiger partial charge in [0.1, 0.15) is 0 Å². The van der Waals surface area contributed by atoms with E-state index in [1.54, 1.807) is 6.20 Å². The second kappa shape index (κ2) is 5.67. The number of para-hydroxylation sites is 1. The van der Waals surface area contributed by atoms with Gasteiger partial charge in [-0.3, -0.25) is 0 Å². The third-order valence-corrected chi connectivity index (χ3v) is 4.54. The van der Waals surface area contributed by atoms with E-state index >= 15 is 0 Å². The molecule has 4 rings (SSSR count). The van der Waals surface area contributed by atoms with E-state index in [2.05, 4.69) is 41.1 Å². The van der Waals surface area contributed by atoms with Gasteiger partial charge in [0.05, 0.1) is 5.69 Å². The van der Waals surface area contributed by atoms with Crippen LogP contribution in [0.15, 0.2) is 60.8 Å². The first-order valence-corrected chi connectivity index (χ1v) is 8.07. The lowest BCUT2D eigenvalue weighted by Crippen LogP contribution is -2.25. The minimum absolute atomic E-state index is 0.342. The molecule has 0 bridgehead atoms. The largest absolute Gasteiger partial charge is 0.307 e. The van der Waals surface area contributed by atoms with Crippen molar-refractivity contribution in [1.82, 2.24) is 9.97 Å². The summed E-state index contributed by atoms with van der Waals surface area (Å²) in [6.07, 6.45) is 2.81. The van der Waals surface area contributed by atoms with Crippen LogP contribution in [0.3, 0.4) is 0 Å². The predicted octanol–water partition coefficient (Wildman–Crippen LogP) is 4.88. The van der Waals surface area contributed by atoms with Crippen LogP contribution in [-0.2, 0) is 6.42 Å². The average Bonchev–Trinajstić information content (AvgIpc) is 2.91. The molecule has 114 valence electrons. The van der Waals surface area contributed by atoms with Crippen molar-refractivity contribution in [1.29, 1.82) is 0 Å². The number of halogens is 1. The van der Waals surface area contributed by atoms with E-state index in [0.29, 0.717) is 11.1 Å². The first-order valence-electron chi connectivity index (χ1n) is 7.69. The van der Waals surface area contributed by atoms with Crippen LogP contribution in [0.1, 0.15) is 12.5 Å². The number of hydrogen-bond donors (Lipinski definition) is 0. The lowest BCUT2D eigenvalue weighted by molar-refractivity contribution is 0.740. The number of fused-ring (bicyclic) bond motifs is 1. The zero-order chi connectivity index (χ0) is 15.8. The summed E-state index contributed by atoms with van der Waals surface area (Å²) in [5.41, 5.74) is 4.30. The molecule has 0 amide bonds. The van der Waals surface area contributed by atoms with Crippen LogP contribution in [0.4, 0.5) is 11.6 Å². The Morgan fingerprint density at radius 1 is 1.04 bits per heavy atom. The van der Waals surface area contributed by atoms with Gasteiger partial charge < -0.3 is 4.90 Å².